The zero-order valence-corrected chi connectivity index (χ0v) is 13.5. The third-order valence-electron chi connectivity index (χ3n) is 4.65. The third kappa shape index (κ3) is 2.37. The van der Waals surface area contributed by atoms with Crippen LogP contribution in [0.4, 0.5) is 0 Å². The predicted octanol–water partition coefficient (Wildman–Crippen LogP) is 2.50. The van der Waals surface area contributed by atoms with E-state index >= 15 is 0 Å². The fourth-order valence-electron chi connectivity index (χ4n) is 3.40. The van der Waals surface area contributed by atoms with E-state index in [2.05, 4.69) is 34.5 Å². The molecule has 1 amide bonds. The summed E-state index contributed by atoms with van der Waals surface area (Å²) in [6.07, 6.45) is -0.245. The van der Waals surface area contributed by atoms with Crippen LogP contribution in [0.15, 0.2) is 42.5 Å². The topological polar surface area (TPSA) is 69.2 Å². The van der Waals surface area contributed by atoms with Crippen molar-refractivity contribution in [2.24, 2.45) is 0 Å². The van der Waals surface area contributed by atoms with Crippen molar-refractivity contribution in [2.45, 2.75) is 26.0 Å². The molecule has 1 aromatic heterocycles. The van der Waals surface area contributed by atoms with E-state index in [1.54, 1.807) is 4.90 Å². The molecule has 3 aromatic rings. The van der Waals surface area contributed by atoms with E-state index in [4.69, 9.17) is 0 Å². The molecule has 0 radical (unpaired) electrons. The van der Waals surface area contributed by atoms with E-state index < -0.39 is 6.10 Å². The van der Waals surface area contributed by atoms with Gasteiger partial charge in [0.2, 0.25) is 0 Å². The Bertz CT molecular complexity index is 909. The van der Waals surface area contributed by atoms with Crippen LogP contribution in [0.2, 0.25) is 0 Å². The molecule has 0 spiro atoms. The standard InChI is InChI=1S/C19H19N3O2/c1-12(23)19(24)22-10-9-17-16(11-22)18(21-20-17)15-8-4-6-13-5-2-3-7-14(13)15/h2-8,12,23H,9-11H2,1H3,(H,20,21)/t12-/m1/s1. The van der Waals surface area contributed by atoms with Crippen LogP contribution in [0, 0.1) is 0 Å². The molecular formula is C19H19N3O2. The summed E-state index contributed by atoms with van der Waals surface area (Å²) in [4.78, 5) is 13.8. The van der Waals surface area contributed by atoms with Crippen LogP contribution in [-0.2, 0) is 17.8 Å². The highest BCUT2D eigenvalue weighted by molar-refractivity contribution is 5.96. The van der Waals surface area contributed by atoms with Crippen LogP contribution >= 0.6 is 0 Å². The fraction of sp³-hybridized carbons (Fsp3) is 0.263. The molecule has 1 aliphatic heterocycles. The molecule has 0 unspecified atom stereocenters. The van der Waals surface area contributed by atoms with E-state index in [-0.39, 0.29) is 5.91 Å². The first-order valence-electron chi connectivity index (χ1n) is 8.16. The first-order valence-corrected chi connectivity index (χ1v) is 8.16. The van der Waals surface area contributed by atoms with Gasteiger partial charge in [0.1, 0.15) is 6.10 Å². The molecule has 4 rings (SSSR count). The molecule has 5 heteroatoms. The summed E-state index contributed by atoms with van der Waals surface area (Å²) >= 11 is 0. The lowest BCUT2D eigenvalue weighted by atomic mass is 9.96. The summed E-state index contributed by atoms with van der Waals surface area (Å²) in [5.41, 5.74) is 4.08. The van der Waals surface area contributed by atoms with E-state index in [1.807, 2.05) is 18.2 Å². The van der Waals surface area contributed by atoms with E-state index in [1.165, 1.54) is 12.3 Å². The molecule has 5 nitrogen and oxygen atoms in total. The number of nitrogens with one attached hydrogen (secondary N) is 1. The van der Waals surface area contributed by atoms with Gasteiger partial charge in [-0.3, -0.25) is 9.89 Å². The first kappa shape index (κ1) is 14.9. The van der Waals surface area contributed by atoms with E-state index in [0.29, 0.717) is 13.1 Å². The maximum Gasteiger partial charge on any atom is 0.251 e. The number of aliphatic hydroxyl groups excluding tert-OH is 1. The number of aromatic nitrogens is 2. The Morgan fingerprint density at radius 1 is 1.25 bits per heavy atom. The zero-order valence-electron chi connectivity index (χ0n) is 13.5. The summed E-state index contributed by atoms with van der Waals surface area (Å²) in [5.74, 6) is -0.231. The van der Waals surface area contributed by atoms with Crippen molar-refractivity contribution >= 4 is 16.7 Å². The predicted molar refractivity (Wildman–Crippen MR) is 92.3 cm³/mol. The minimum atomic E-state index is -0.973. The Hall–Kier alpha value is -2.66. The van der Waals surface area contributed by atoms with Gasteiger partial charge in [-0.05, 0) is 17.7 Å². The number of aromatic amines is 1. The number of rotatable bonds is 2. The summed E-state index contributed by atoms with van der Waals surface area (Å²) in [6, 6.07) is 14.4. The maximum absolute atomic E-state index is 12.1. The number of hydrogen-bond acceptors (Lipinski definition) is 3. The number of carbonyl (C=O) groups is 1. The van der Waals surface area contributed by atoms with Crippen molar-refractivity contribution in [1.29, 1.82) is 0 Å². The molecule has 24 heavy (non-hydrogen) atoms. The van der Waals surface area contributed by atoms with Crippen LogP contribution in [0.1, 0.15) is 18.2 Å². The number of aliphatic hydroxyl groups is 1. The van der Waals surface area contributed by atoms with Crippen LogP contribution < -0.4 is 0 Å². The highest BCUT2D eigenvalue weighted by atomic mass is 16.3. The van der Waals surface area contributed by atoms with Crippen LogP contribution in [0.5, 0.6) is 0 Å². The van der Waals surface area contributed by atoms with Gasteiger partial charge >= 0.3 is 0 Å². The fourth-order valence-corrected chi connectivity index (χ4v) is 3.40. The second kappa shape index (κ2) is 5.76. The Morgan fingerprint density at radius 3 is 2.88 bits per heavy atom. The molecule has 0 bridgehead atoms. The minimum absolute atomic E-state index is 0.231. The number of H-pyrrole nitrogens is 1. The van der Waals surface area contributed by atoms with Crippen molar-refractivity contribution in [3.63, 3.8) is 0 Å². The van der Waals surface area contributed by atoms with Crippen molar-refractivity contribution in [3.05, 3.63) is 53.7 Å². The summed E-state index contributed by atoms with van der Waals surface area (Å²) in [5, 5.41) is 19.6. The van der Waals surface area contributed by atoms with Crippen LogP contribution in [0.25, 0.3) is 22.0 Å². The van der Waals surface area contributed by atoms with Gasteiger partial charge < -0.3 is 10.0 Å². The van der Waals surface area contributed by atoms with Gasteiger partial charge in [-0.15, -0.1) is 0 Å². The Kier molecular flexibility index (Phi) is 3.58. The SMILES string of the molecule is C[C@@H](O)C(=O)N1CCc2[nH]nc(-c3cccc4ccccc34)c2C1. The number of benzene rings is 2. The number of fused-ring (bicyclic) bond motifs is 2. The molecule has 2 heterocycles. The van der Waals surface area contributed by atoms with Gasteiger partial charge in [-0.25, -0.2) is 0 Å². The van der Waals surface area contributed by atoms with Gasteiger partial charge in [0.25, 0.3) is 5.91 Å². The van der Waals surface area contributed by atoms with E-state index in [0.717, 1.165) is 34.3 Å². The largest absolute Gasteiger partial charge is 0.384 e. The highest BCUT2D eigenvalue weighted by Gasteiger charge is 2.27. The third-order valence-corrected chi connectivity index (χ3v) is 4.65. The van der Waals surface area contributed by atoms with Gasteiger partial charge in [-0.2, -0.15) is 5.10 Å². The lowest BCUT2D eigenvalue weighted by Crippen LogP contribution is -2.41. The van der Waals surface area contributed by atoms with Gasteiger partial charge in [-0.1, -0.05) is 42.5 Å². The smallest absolute Gasteiger partial charge is 0.251 e. The van der Waals surface area contributed by atoms with E-state index in [9.17, 15) is 9.90 Å². The number of nitrogens with zero attached hydrogens (tertiary/aromatic N) is 2. The molecule has 0 saturated carbocycles. The second-order valence-corrected chi connectivity index (χ2v) is 6.24. The van der Waals surface area contributed by atoms with Gasteiger partial charge in [0.15, 0.2) is 0 Å². The maximum atomic E-state index is 12.1. The molecule has 0 fully saturated rings. The first-order chi connectivity index (χ1) is 11.6. The summed E-state index contributed by atoms with van der Waals surface area (Å²) in [6.45, 7) is 2.60. The molecular weight excluding hydrogens is 302 g/mol. The quantitative estimate of drug-likeness (QED) is 0.762. The highest BCUT2D eigenvalue weighted by Crippen LogP contribution is 2.33. The lowest BCUT2D eigenvalue weighted by molar-refractivity contribution is -0.140. The molecule has 0 saturated heterocycles. The minimum Gasteiger partial charge on any atom is -0.384 e. The molecule has 122 valence electrons. The van der Waals surface area contributed by atoms with Gasteiger partial charge in [0.05, 0.1) is 5.69 Å². The summed E-state index contributed by atoms with van der Waals surface area (Å²) < 4.78 is 0. The van der Waals surface area contributed by atoms with Crippen molar-refractivity contribution < 1.29 is 9.90 Å². The average molecular weight is 321 g/mol. The normalized spacial score (nSPS) is 15.3. The molecule has 0 aliphatic carbocycles. The zero-order chi connectivity index (χ0) is 16.7. The Morgan fingerprint density at radius 2 is 2.04 bits per heavy atom. The molecule has 2 aromatic carbocycles. The molecule has 1 aliphatic rings. The second-order valence-electron chi connectivity index (χ2n) is 6.24. The average Bonchev–Trinajstić information content (AvgIpc) is 3.03. The van der Waals surface area contributed by atoms with Crippen LogP contribution in [-0.4, -0.2) is 38.8 Å². The van der Waals surface area contributed by atoms with Crippen molar-refractivity contribution in [3.8, 4) is 11.3 Å². The van der Waals surface area contributed by atoms with Crippen molar-refractivity contribution in [1.82, 2.24) is 15.1 Å². The Labute approximate surface area is 139 Å². The molecule has 1 atom stereocenters. The summed E-state index contributed by atoms with van der Waals surface area (Å²) in [7, 11) is 0. The Balaban J connectivity index is 1.79. The number of hydrogen-bond donors (Lipinski definition) is 2. The lowest BCUT2D eigenvalue weighted by Gasteiger charge is -2.28. The van der Waals surface area contributed by atoms with Crippen molar-refractivity contribution in [2.75, 3.05) is 6.54 Å². The van der Waals surface area contributed by atoms with Gasteiger partial charge in [0, 0.05) is 36.3 Å². The number of carbonyl (C=O) groups excluding carboxylic acids is 1. The monoisotopic (exact) mass is 321 g/mol. The number of amides is 1. The van der Waals surface area contributed by atoms with Crippen LogP contribution in [0.3, 0.4) is 0 Å². The molecule has 2 N–H and O–H groups in total.